The Hall–Kier alpha value is -3.02. The highest BCUT2D eigenvalue weighted by atomic mass is 32.2. The van der Waals surface area contributed by atoms with E-state index in [1.807, 2.05) is 59.8 Å². The molecule has 8 heteroatoms. The standard InChI is InChI=1S/C23H24N4O3S/c1-29-19-10-9-15(11-20(19)30-2)18-12-17(21(28)14-7-5-4-6-8-14)25-22-16(13-24)23(31-3)26-27(18)22/h4-11,16-18,22,25H,12H2,1-3H3. The molecule has 0 saturated carbocycles. The number of ketones is 1. The van der Waals surface area contributed by atoms with Gasteiger partial charge >= 0.3 is 0 Å². The number of benzene rings is 2. The number of hydrogen-bond donors (Lipinski definition) is 1. The van der Waals surface area contributed by atoms with Crippen LogP contribution in [0.4, 0.5) is 0 Å². The molecule has 0 radical (unpaired) electrons. The van der Waals surface area contributed by atoms with E-state index < -0.39 is 12.0 Å². The van der Waals surface area contributed by atoms with Crippen LogP contribution in [0.2, 0.25) is 0 Å². The molecule has 2 aromatic carbocycles. The van der Waals surface area contributed by atoms with Crippen molar-refractivity contribution < 1.29 is 14.3 Å². The van der Waals surface area contributed by atoms with Gasteiger partial charge < -0.3 is 9.47 Å². The number of hydrazone groups is 1. The number of carbonyl (C=O) groups excluding carboxylic acids is 1. The number of nitriles is 1. The number of carbonyl (C=O) groups is 1. The summed E-state index contributed by atoms with van der Waals surface area (Å²) >= 11 is 1.46. The van der Waals surface area contributed by atoms with Gasteiger partial charge in [-0.1, -0.05) is 36.4 Å². The normalized spacial score (nSPS) is 24.7. The third kappa shape index (κ3) is 3.87. The van der Waals surface area contributed by atoms with Crippen LogP contribution in [0, 0.1) is 17.2 Å². The van der Waals surface area contributed by atoms with Gasteiger partial charge in [0.25, 0.3) is 0 Å². The minimum Gasteiger partial charge on any atom is -0.493 e. The van der Waals surface area contributed by atoms with Gasteiger partial charge in [-0.3, -0.25) is 15.1 Å². The molecule has 4 unspecified atom stereocenters. The molecule has 0 aliphatic carbocycles. The first-order valence-corrected chi connectivity index (χ1v) is 11.2. The summed E-state index contributed by atoms with van der Waals surface area (Å²) in [6, 6.07) is 16.7. The number of hydrogen-bond acceptors (Lipinski definition) is 8. The van der Waals surface area contributed by atoms with Crippen LogP contribution in [-0.4, -0.2) is 48.5 Å². The second-order valence-electron chi connectivity index (χ2n) is 7.39. The highest BCUT2D eigenvalue weighted by Gasteiger charge is 2.47. The molecule has 4 rings (SSSR count). The molecule has 160 valence electrons. The summed E-state index contributed by atoms with van der Waals surface area (Å²) in [6.45, 7) is 0. The van der Waals surface area contributed by atoms with Gasteiger partial charge in [-0.05, 0) is 30.4 Å². The molecule has 2 aliphatic rings. The number of Topliss-reactive ketones (excluding diaryl/α,β-unsaturated/α-hetero) is 1. The van der Waals surface area contributed by atoms with Crippen molar-refractivity contribution in [1.29, 1.82) is 5.26 Å². The lowest BCUT2D eigenvalue weighted by molar-refractivity contribution is 0.0475. The van der Waals surface area contributed by atoms with Gasteiger partial charge in [-0.2, -0.15) is 10.4 Å². The van der Waals surface area contributed by atoms with Crippen molar-refractivity contribution in [2.45, 2.75) is 24.7 Å². The predicted molar refractivity (Wildman–Crippen MR) is 120 cm³/mol. The lowest BCUT2D eigenvalue weighted by Crippen LogP contribution is -2.58. The molecule has 0 spiro atoms. The Kier molecular flexibility index (Phi) is 6.16. The largest absolute Gasteiger partial charge is 0.493 e. The van der Waals surface area contributed by atoms with E-state index in [1.165, 1.54) is 11.8 Å². The van der Waals surface area contributed by atoms with E-state index in [2.05, 4.69) is 11.4 Å². The van der Waals surface area contributed by atoms with Crippen LogP contribution in [0.1, 0.15) is 28.4 Å². The summed E-state index contributed by atoms with van der Waals surface area (Å²) in [4.78, 5) is 13.3. The number of fused-ring (bicyclic) bond motifs is 1. The van der Waals surface area contributed by atoms with Crippen molar-refractivity contribution in [2.75, 3.05) is 20.5 Å². The average molecular weight is 437 g/mol. The molecular weight excluding hydrogens is 412 g/mol. The van der Waals surface area contributed by atoms with E-state index in [0.29, 0.717) is 23.5 Å². The molecule has 7 nitrogen and oxygen atoms in total. The summed E-state index contributed by atoms with van der Waals surface area (Å²) in [5.41, 5.74) is 1.61. The Bertz CT molecular complexity index is 1040. The summed E-state index contributed by atoms with van der Waals surface area (Å²) in [5.74, 6) is 0.827. The SMILES string of the molecule is COc1ccc(C2CC(C(=O)c3ccccc3)NC3C(C#N)C(SC)=NN23)cc1OC. The lowest BCUT2D eigenvalue weighted by atomic mass is 9.89. The minimum atomic E-state index is -0.441. The van der Waals surface area contributed by atoms with Gasteiger partial charge in [-0.15, -0.1) is 11.8 Å². The van der Waals surface area contributed by atoms with Crippen LogP contribution < -0.4 is 14.8 Å². The lowest BCUT2D eigenvalue weighted by Gasteiger charge is -2.42. The van der Waals surface area contributed by atoms with Gasteiger partial charge in [-0.25, -0.2) is 0 Å². The Morgan fingerprint density at radius 2 is 1.94 bits per heavy atom. The first-order chi connectivity index (χ1) is 15.1. The van der Waals surface area contributed by atoms with Gasteiger partial charge in [0.1, 0.15) is 17.1 Å². The van der Waals surface area contributed by atoms with E-state index in [1.54, 1.807) is 14.2 Å². The predicted octanol–water partition coefficient (Wildman–Crippen LogP) is 3.45. The second-order valence-corrected chi connectivity index (χ2v) is 8.22. The van der Waals surface area contributed by atoms with E-state index in [-0.39, 0.29) is 18.0 Å². The topological polar surface area (TPSA) is 86.9 Å². The number of nitrogens with zero attached hydrogens (tertiary/aromatic N) is 3. The molecule has 2 aliphatic heterocycles. The smallest absolute Gasteiger partial charge is 0.179 e. The summed E-state index contributed by atoms with van der Waals surface area (Å²) < 4.78 is 10.9. The van der Waals surface area contributed by atoms with Crippen LogP contribution in [0.3, 0.4) is 0 Å². The summed E-state index contributed by atoms with van der Waals surface area (Å²) in [6.07, 6.45) is 2.06. The molecular formula is C23H24N4O3S. The molecule has 0 aromatic heterocycles. The Labute approximate surface area is 186 Å². The zero-order chi connectivity index (χ0) is 22.0. The van der Waals surface area contributed by atoms with E-state index in [4.69, 9.17) is 14.6 Å². The van der Waals surface area contributed by atoms with E-state index in [9.17, 15) is 10.1 Å². The Morgan fingerprint density at radius 1 is 1.19 bits per heavy atom. The highest BCUT2D eigenvalue weighted by Crippen LogP contribution is 2.41. The maximum atomic E-state index is 13.3. The van der Waals surface area contributed by atoms with E-state index >= 15 is 0 Å². The molecule has 4 atom stereocenters. The van der Waals surface area contributed by atoms with E-state index in [0.717, 1.165) is 10.6 Å². The molecule has 1 saturated heterocycles. The van der Waals surface area contributed by atoms with Crippen molar-refractivity contribution in [1.82, 2.24) is 10.3 Å². The summed E-state index contributed by atoms with van der Waals surface area (Å²) in [7, 11) is 3.19. The van der Waals surface area contributed by atoms with Crippen molar-refractivity contribution in [2.24, 2.45) is 11.0 Å². The third-order valence-electron chi connectivity index (χ3n) is 5.75. The van der Waals surface area contributed by atoms with Gasteiger partial charge in [0, 0.05) is 5.56 Å². The average Bonchev–Trinajstić information content (AvgIpc) is 3.20. The minimum absolute atomic E-state index is 0.0139. The first-order valence-electron chi connectivity index (χ1n) is 9.99. The van der Waals surface area contributed by atoms with Crippen LogP contribution in [0.5, 0.6) is 11.5 Å². The number of rotatable bonds is 5. The first kappa shape index (κ1) is 21.2. The molecule has 2 aromatic rings. The highest BCUT2D eigenvalue weighted by molar-refractivity contribution is 8.13. The monoisotopic (exact) mass is 436 g/mol. The van der Waals surface area contributed by atoms with Crippen LogP contribution in [-0.2, 0) is 0 Å². The molecule has 0 bridgehead atoms. The zero-order valence-corrected chi connectivity index (χ0v) is 18.4. The molecule has 0 amide bonds. The molecule has 1 fully saturated rings. The van der Waals surface area contributed by atoms with Crippen molar-refractivity contribution in [3.8, 4) is 17.6 Å². The van der Waals surface area contributed by atoms with Gasteiger partial charge in [0.2, 0.25) is 0 Å². The van der Waals surface area contributed by atoms with Crippen LogP contribution >= 0.6 is 11.8 Å². The molecule has 31 heavy (non-hydrogen) atoms. The quantitative estimate of drug-likeness (QED) is 0.719. The fourth-order valence-electron chi connectivity index (χ4n) is 4.20. The van der Waals surface area contributed by atoms with Crippen LogP contribution in [0.25, 0.3) is 0 Å². The maximum absolute atomic E-state index is 13.3. The summed E-state index contributed by atoms with van der Waals surface area (Å²) in [5, 5.41) is 20.6. The van der Waals surface area contributed by atoms with Crippen molar-refractivity contribution in [3.05, 3.63) is 59.7 Å². The number of thioether (sulfide) groups is 1. The van der Waals surface area contributed by atoms with Crippen molar-refractivity contribution in [3.63, 3.8) is 0 Å². The zero-order valence-electron chi connectivity index (χ0n) is 17.6. The van der Waals surface area contributed by atoms with Gasteiger partial charge in [0.15, 0.2) is 17.3 Å². The number of ether oxygens (including phenoxy) is 2. The Morgan fingerprint density at radius 3 is 2.58 bits per heavy atom. The fourth-order valence-corrected chi connectivity index (χ4v) is 4.81. The molecule has 2 heterocycles. The second kappa shape index (κ2) is 9.00. The third-order valence-corrected chi connectivity index (χ3v) is 6.50. The molecule has 1 N–H and O–H groups in total. The Balaban J connectivity index is 1.74. The number of methoxy groups -OCH3 is 2. The van der Waals surface area contributed by atoms with Crippen molar-refractivity contribution >= 4 is 22.6 Å². The number of nitrogens with one attached hydrogen (secondary N) is 1. The fraction of sp³-hybridized carbons (Fsp3) is 0.348. The van der Waals surface area contributed by atoms with Crippen LogP contribution in [0.15, 0.2) is 53.6 Å². The maximum Gasteiger partial charge on any atom is 0.179 e. The van der Waals surface area contributed by atoms with Gasteiger partial charge in [0.05, 0.1) is 32.4 Å².